The molecule has 7 nitrogen and oxygen atoms in total. The third-order valence-electron chi connectivity index (χ3n) is 4.92. The van der Waals surface area contributed by atoms with Crippen molar-refractivity contribution in [2.45, 2.75) is 38.6 Å². The van der Waals surface area contributed by atoms with Gasteiger partial charge in [0, 0.05) is 29.9 Å². The van der Waals surface area contributed by atoms with Crippen molar-refractivity contribution >= 4 is 28.6 Å². The highest BCUT2D eigenvalue weighted by molar-refractivity contribution is 7.99. The zero-order chi connectivity index (χ0) is 21.6. The summed E-state index contributed by atoms with van der Waals surface area (Å²) in [6.07, 6.45) is 4.42. The monoisotopic (exact) mass is 435 g/mol. The maximum atomic E-state index is 12.8. The van der Waals surface area contributed by atoms with Crippen molar-refractivity contribution in [3.05, 3.63) is 66.2 Å². The van der Waals surface area contributed by atoms with Crippen LogP contribution in [0.1, 0.15) is 36.5 Å². The van der Waals surface area contributed by atoms with Gasteiger partial charge in [-0.2, -0.15) is 0 Å². The van der Waals surface area contributed by atoms with E-state index in [0.29, 0.717) is 18.1 Å². The highest BCUT2D eigenvalue weighted by Gasteiger charge is 2.18. The van der Waals surface area contributed by atoms with Crippen LogP contribution in [0.5, 0.6) is 5.75 Å². The number of hydrogen-bond acceptors (Lipinski definition) is 6. The van der Waals surface area contributed by atoms with E-state index in [-0.39, 0.29) is 11.5 Å². The molecule has 0 bridgehead atoms. The number of aromatic amines is 1. The second-order valence-corrected chi connectivity index (χ2v) is 8.59. The maximum absolute atomic E-state index is 12.8. The zero-order valence-electron chi connectivity index (χ0n) is 17.6. The fraction of sp³-hybridized carbons (Fsp3) is 0.304. The SMILES string of the molecule is CC(C)CCn1c(COc2ccccc2)nnc1SCC(=O)c1c[nH]c2ncccc12. The molecular formula is C23H25N5O2S. The molecule has 0 saturated heterocycles. The highest BCUT2D eigenvalue weighted by atomic mass is 32.2. The number of thioether (sulfide) groups is 1. The van der Waals surface area contributed by atoms with E-state index in [2.05, 4.69) is 38.6 Å². The van der Waals surface area contributed by atoms with Gasteiger partial charge in [-0.3, -0.25) is 4.79 Å². The molecule has 160 valence electrons. The number of pyridine rings is 1. The molecule has 0 fully saturated rings. The van der Waals surface area contributed by atoms with Gasteiger partial charge >= 0.3 is 0 Å². The summed E-state index contributed by atoms with van der Waals surface area (Å²) in [5.41, 5.74) is 1.37. The summed E-state index contributed by atoms with van der Waals surface area (Å²) in [5.74, 6) is 2.41. The van der Waals surface area contributed by atoms with Gasteiger partial charge in [0.05, 0.1) is 5.75 Å². The average molecular weight is 436 g/mol. The number of rotatable bonds is 10. The molecule has 1 N–H and O–H groups in total. The molecule has 8 heteroatoms. The first-order valence-electron chi connectivity index (χ1n) is 10.3. The minimum atomic E-state index is 0.0322. The van der Waals surface area contributed by atoms with Crippen LogP contribution in [0.4, 0.5) is 0 Å². The lowest BCUT2D eigenvalue weighted by atomic mass is 10.1. The minimum absolute atomic E-state index is 0.0322. The molecular weight excluding hydrogens is 410 g/mol. The van der Waals surface area contributed by atoms with E-state index in [0.717, 1.165) is 40.7 Å². The van der Waals surface area contributed by atoms with Crippen LogP contribution in [0, 0.1) is 5.92 Å². The van der Waals surface area contributed by atoms with Crippen LogP contribution in [0.2, 0.25) is 0 Å². The first-order valence-corrected chi connectivity index (χ1v) is 11.3. The molecule has 0 saturated carbocycles. The van der Waals surface area contributed by atoms with Crippen molar-refractivity contribution in [3.8, 4) is 5.75 Å². The van der Waals surface area contributed by atoms with Crippen molar-refractivity contribution in [1.82, 2.24) is 24.7 Å². The predicted molar refractivity (Wildman–Crippen MR) is 121 cm³/mol. The predicted octanol–water partition coefficient (Wildman–Crippen LogP) is 4.75. The fourth-order valence-corrected chi connectivity index (χ4v) is 4.07. The number of aromatic nitrogens is 5. The van der Waals surface area contributed by atoms with Gasteiger partial charge in [0.15, 0.2) is 16.8 Å². The Morgan fingerprint density at radius 3 is 2.81 bits per heavy atom. The van der Waals surface area contributed by atoms with Gasteiger partial charge in [0.25, 0.3) is 0 Å². The van der Waals surface area contributed by atoms with Crippen molar-refractivity contribution in [3.63, 3.8) is 0 Å². The standard InChI is InChI=1S/C23H25N5O2S/c1-16(2)10-12-28-21(14-30-17-7-4-3-5-8-17)26-27-23(28)31-15-20(29)19-13-25-22-18(19)9-6-11-24-22/h3-9,11,13,16H,10,12,14-15H2,1-2H3,(H,24,25). The Hall–Kier alpha value is -3.13. The molecule has 0 radical (unpaired) electrons. The van der Waals surface area contributed by atoms with Crippen LogP contribution in [-0.2, 0) is 13.2 Å². The van der Waals surface area contributed by atoms with E-state index >= 15 is 0 Å². The first kappa shape index (κ1) is 21.1. The Morgan fingerprint density at radius 2 is 2.00 bits per heavy atom. The summed E-state index contributed by atoms with van der Waals surface area (Å²) in [4.78, 5) is 20.1. The number of ether oxygens (including phenoxy) is 1. The van der Waals surface area contributed by atoms with Gasteiger partial charge < -0.3 is 14.3 Å². The summed E-state index contributed by atoms with van der Waals surface area (Å²) in [6, 6.07) is 13.4. The molecule has 4 rings (SSSR count). The molecule has 0 aliphatic heterocycles. The molecule has 3 heterocycles. The second-order valence-electron chi connectivity index (χ2n) is 7.65. The van der Waals surface area contributed by atoms with Crippen molar-refractivity contribution < 1.29 is 9.53 Å². The van der Waals surface area contributed by atoms with Crippen LogP contribution >= 0.6 is 11.8 Å². The first-order chi connectivity index (χ1) is 15.1. The molecule has 0 aliphatic rings. The molecule has 0 aliphatic carbocycles. The Kier molecular flexibility index (Phi) is 6.66. The Bertz CT molecular complexity index is 1150. The topological polar surface area (TPSA) is 85.7 Å². The van der Waals surface area contributed by atoms with E-state index in [1.807, 2.05) is 42.5 Å². The maximum Gasteiger partial charge on any atom is 0.191 e. The number of carbonyl (C=O) groups excluding carboxylic acids is 1. The molecule has 0 atom stereocenters. The average Bonchev–Trinajstić information content (AvgIpc) is 3.39. The van der Waals surface area contributed by atoms with E-state index in [1.54, 1.807) is 12.4 Å². The smallest absolute Gasteiger partial charge is 0.191 e. The second kappa shape index (κ2) is 9.78. The Balaban J connectivity index is 1.47. The molecule has 1 aromatic carbocycles. The molecule has 0 unspecified atom stereocenters. The molecule has 3 aromatic heterocycles. The van der Waals surface area contributed by atoms with Gasteiger partial charge in [0.1, 0.15) is 18.0 Å². The van der Waals surface area contributed by atoms with E-state index in [1.165, 1.54) is 11.8 Å². The summed E-state index contributed by atoms with van der Waals surface area (Å²) in [7, 11) is 0. The number of benzene rings is 1. The van der Waals surface area contributed by atoms with Gasteiger partial charge in [-0.05, 0) is 36.6 Å². The van der Waals surface area contributed by atoms with Gasteiger partial charge in [0.2, 0.25) is 0 Å². The number of ketones is 1. The van der Waals surface area contributed by atoms with Crippen LogP contribution in [0.25, 0.3) is 11.0 Å². The summed E-state index contributed by atoms with van der Waals surface area (Å²) in [6.45, 7) is 5.49. The number of fused-ring (bicyclic) bond motifs is 1. The molecule has 0 amide bonds. The van der Waals surface area contributed by atoms with Crippen molar-refractivity contribution in [2.24, 2.45) is 5.92 Å². The third kappa shape index (κ3) is 5.14. The van der Waals surface area contributed by atoms with Gasteiger partial charge in [-0.1, -0.05) is 43.8 Å². The summed E-state index contributed by atoms with van der Waals surface area (Å²) >= 11 is 1.41. The third-order valence-corrected chi connectivity index (χ3v) is 5.89. The Morgan fingerprint density at radius 1 is 1.16 bits per heavy atom. The van der Waals surface area contributed by atoms with Gasteiger partial charge in [-0.25, -0.2) is 4.98 Å². The Labute approximate surface area is 185 Å². The largest absolute Gasteiger partial charge is 0.486 e. The summed E-state index contributed by atoms with van der Waals surface area (Å²) < 4.78 is 7.94. The van der Waals surface area contributed by atoms with E-state index < -0.39 is 0 Å². The number of nitrogens with zero attached hydrogens (tertiary/aromatic N) is 4. The van der Waals surface area contributed by atoms with E-state index in [4.69, 9.17) is 4.74 Å². The van der Waals surface area contributed by atoms with Crippen LogP contribution < -0.4 is 4.74 Å². The van der Waals surface area contributed by atoms with Crippen molar-refractivity contribution in [2.75, 3.05) is 5.75 Å². The molecule has 4 aromatic rings. The lowest BCUT2D eigenvalue weighted by molar-refractivity contribution is 0.102. The van der Waals surface area contributed by atoms with Crippen LogP contribution in [0.3, 0.4) is 0 Å². The highest BCUT2D eigenvalue weighted by Crippen LogP contribution is 2.23. The van der Waals surface area contributed by atoms with Crippen LogP contribution in [0.15, 0.2) is 60.0 Å². The van der Waals surface area contributed by atoms with Crippen LogP contribution in [-0.4, -0.2) is 36.3 Å². The molecule has 0 spiro atoms. The number of hydrogen-bond donors (Lipinski definition) is 1. The quantitative estimate of drug-likeness (QED) is 0.286. The number of Topliss-reactive ketones (excluding diaryl/α,β-unsaturated/α-hetero) is 1. The number of carbonyl (C=O) groups is 1. The lowest BCUT2D eigenvalue weighted by Gasteiger charge is -2.12. The number of para-hydroxylation sites is 1. The van der Waals surface area contributed by atoms with Gasteiger partial charge in [-0.15, -0.1) is 10.2 Å². The molecule has 31 heavy (non-hydrogen) atoms. The summed E-state index contributed by atoms with van der Waals surface area (Å²) in [5, 5.41) is 10.3. The van der Waals surface area contributed by atoms with E-state index in [9.17, 15) is 4.79 Å². The van der Waals surface area contributed by atoms with Crippen molar-refractivity contribution in [1.29, 1.82) is 0 Å². The minimum Gasteiger partial charge on any atom is -0.486 e. The normalized spacial score (nSPS) is 11.3. The number of nitrogens with one attached hydrogen (secondary N) is 1. The fourth-order valence-electron chi connectivity index (χ4n) is 3.20. The zero-order valence-corrected chi connectivity index (χ0v) is 18.4. The number of H-pyrrole nitrogens is 1. The lowest BCUT2D eigenvalue weighted by Crippen LogP contribution is -2.11.